The van der Waals surface area contributed by atoms with E-state index in [0.717, 1.165) is 25.9 Å². The predicted octanol–water partition coefficient (Wildman–Crippen LogP) is 2.76. The van der Waals surface area contributed by atoms with Gasteiger partial charge >= 0.3 is 0 Å². The van der Waals surface area contributed by atoms with Crippen LogP contribution < -0.4 is 15.4 Å². The standard InChI is InChI=1S/C19H25N5O2.2ClH/c1-20-19-22-12-16(18(23-19)26-2)17(25)21-11-15-9-6-10-24(15)13-14-7-4-3-5-8-14;;/h3-5,7-8,12,15H,6,9-11,13H2,1-2H3,(H,21,25)(H,20,22,23);2*1H. The maximum Gasteiger partial charge on any atom is 0.258 e. The van der Waals surface area contributed by atoms with E-state index in [1.807, 2.05) is 6.07 Å². The third-order valence-corrected chi connectivity index (χ3v) is 4.64. The first kappa shape index (κ1) is 23.9. The molecule has 2 aromatic rings. The van der Waals surface area contributed by atoms with Gasteiger partial charge in [0.05, 0.1) is 7.11 Å². The molecule has 0 spiro atoms. The number of ether oxygens (including phenoxy) is 1. The molecule has 0 saturated carbocycles. The number of anilines is 1. The van der Waals surface area contributed by atoms with Crippen LogP contribution in [0.5, 0.6) is 5.88 Å². The number of aromatic nitrogens is 2. The van der Waals surface area contributed by atoms with Crippen molar-refractivity contribution in [3.05, 3.63) is 47.7 Å². The highest BCUT2D eigenvalue weighted by molar-refractivity contribution is 5.96. The Bertz CT molecular complexity index is 748. The fraction of sp³-hybridized carbons (Fsp3) is 0.421. The molecule has 1 fully saturated rings. The number of hydrogen-bond acceptors (Lipinski definition) is 6. The van der Waals surface area contributed by atoms with Gasteiger partial charge in [-0.15, -0.1) is 24.8 Å². The summed E-state index contributed by atoms with van der Waals surface area (Å²) in [6, 6.07) is 10.8. The van der Waals surface area contributed by atoms with E-state index in [9.17, 15) is 4.79 Å². The number of methoxy groups -OCH3 is 1. The molecule has 3 rings (SSSR count). The Kier molecular flexibility index (Phi) is 9.99. The van der Waals surface area contributed by atoms with Gasteiger partial charge in [-0.05, 0) is 24.9 Å². The van der Waals surface area contributed by atoms with Crippen LogP contribution in [-0.4, -0.2) is 54.1 Å². The summed E-state index contributed by atoms with van der Waals surface area (Å²) >= 11 is 0. The Labute approximate surface area is 178 Å². The van der Waals surface area contributed by atoms with E-state index < -0.39 is 0 Å². The molecule has 1 aliphatic heterocycles. The summed E-state index contributed by atoms with van der Waals surface area (Å²) < 4.78 is 5.22. The molecule has 9 heteroatoms. The van der Waals surface area contributed by atoms with Gasteiger partial charge < -0.3 is 15.4 Å². The zero-order chi connectivity index (χ0) is 18.4. The van der Waals surface area contributed by atoms with Gasteiger partial charge in [-0.25, -0.2) is 4.98 Å². The van der Waals surface area contributed by atoms with E-state index in [4.69, 9.17) is 4.74 Å². The van der Waals surface area contributed by atoms with Crippen LogP contribution in [0.4, 0.5) is 5.95 Å². The summed E-state index contributed by atoms with van der Waals surface area (Å²) in [6.45, 7) is 2.56. The third kappa shape index (κ3) is 5.95. The molecule has 0 aliphatic carbocycles. The summed E-state index contributed by atoms with van der Waals surface area (Å²) in [7, 11) is 3.22. The van der Waals surface area contributed by atoms with Crippen molar-refractivity contribution in [3.63, 3.8) is 0 Å². The van der Waals surface area contributed by atoms with Crippen LogP contribution in [0.2, 0.25) is 0 Å². The quantitative estimate of drug-likeness (QED) is 0.706. The second-order valence-corrected chi connectivity index (χ2v) is 6.33. The first-order chi connectivity index (χ1) is 12.7. The molecule has 2 N–H and O–H groups in total. The fourth-order valence-electron chi connectivity index (χ4n) is 3.26. The van der Waals surface area contributed by atoms with Crippen LogP contribution in [0.25, 0.3) is 0 Å². The molecule has 0 bridgehead atoms. The number of rotatable bonds is 7. The summed E-state index contributed by atoms with van der Waals surface area (Å²) in [5, 5.41) is 5.84. The summed E-state index contributed by atoms with van der Waals surface area (Å²) in [5.74, 6) is 0.480. The van der Waals surface area contributed by atoms with Crippen LogP contribution in [-0.2, 0) is 6.54 Å². The van der Waals surface area contributed by atoms with Crippen LogP contribution in [0.15, 0.2) is 36.5 Å². The zero-order valence-corrected chi connectivity index (χ0v) is 17.7. The molecule has 1 aromatic heterocycles. The molecule has 154 valence electrons. The lowest BCUT2D eigenvalue weighted by molar-refractivity contribution is 0.0935. The number of nitrogens with one attached hydrogen (secondary N) is 2. The van der Waals surface area contributed by atoms with Gasteiger partial charge in [0.1, 0.15) is 5.56 Å². The lowest BCUT2D eigenvalue weighted by atomic mass is 10.1. The second kappa shape index (κ2) is 11.7. The van der Waals surface area contributed by atoms with E-state index in [1.165, 1.54) is 18.9 Å². The Morgan fingerprint density at radius 1 is 1.29 bits per heavy atom. The SMILES string of the molecule is CNc1ncc(C(=O)NCC2CCCN2Cc2ccccc2)c(OC)n1.Cl.Cl. The molecule has 0 radical (unpaired) electrons. The number of likely N-dealkylation sites (tertiary alicyclic amines) is 1. The summed E-state index contributed by atoms with van der Waals surface area (Å²) in [6.07, 6.45) is 3.72. The van der Waals surface area contributed by atoms with Crippen molar-refractivity contribution >= 4 is 36.7 Å². The highest BCUT2D eigenvalue weighted by Crippen LogP contribution is 2.20. The average molecular weight is 428 g/mol. The minimum absolute atomic E-state index is 0. The average Bonchev–Trinajstić information content (AvgIpc) is 3.13. The molecule has 2 heterocycles. The van der Waals surface area contributed by atoms with Crippen LogP contribution >= 0.6 is 24.8 Å². The maximum atomic E-state index is 12.5. The van der Waals surface area contributed by atoms with E-state index in [0.29, 0.717) is 24.1 Å². The van der Waals surface area contributed by atoms with E-state index in [2.05, 4.69) is 49.8 Å². The van der Waals surface area contributed by atoms with Gasteiger partial charge in [0.25, 0.3) is 5.91 Å². The van der Waals surface area contributed by atoms with Gasteiger partial charge in [-0.2, -0.15) is 4.98 Å². The Hall–Kier alpha value is -2.09. The van der Waals surface area contributed by atoms with Gasteiger partial charge in [0, 0.05) is 32.4 Å². The van der Waals surface area contributed by atoms with Crippen LogP contribution in [0, 0.1) is 0 Å². The lowest BCUT2D eigenvalue weighted by Gasteiger charge is -2.24. The number of amides is 1. The van der Waals surface area contributed by atoms with Gasteiger partial charge in [0.2, 0.25) is 11.8 Å². The number of halogens is 2. The monoisotopic (exact) mass is 427 g/mol. The Morgan fingerprint density at radius 3 is 2.71 bits per heavy atom. The van der Waals surface area contributed by atoms with Crippen LogP contribution in [0.1, 0.15) is 28.8 Å². The molecule has 1 aliphatic rings. The van der Waals surface area contributed by atoms with Crippen molar-refractivity contribution in [2.75, 3.05) is 32.6 Å². The molecule has 28 heavy (non-hydrogen) atoms. The van der Waals surface area contributed by atoms with E-state index in [-0.39, 0.29) is 36.6 Å². The minimum Gasteiger partial charge on any atom is -0.480 e. The topological polar surface area (TPSA) is 79.4 Å². The van der Waals surface area contributed by atoms with Crippen LogP contribution in [0.3, 0.4) is 0 Å². The molecular formula is C19H27Cl2N5O2. The number of carbonyl (C=O) groups is 1. The molecule has 7 nitrogen and oxygen atoms in total. The van der Waals surface area contributed by atoms with Crippen molar-refractivity contribution in [1.82, 2.24) is 20.2 Å². The second-order valence-electron chi connectivity index (χ2n) is 6.33. The minimum atomic E-state index is -0.212. The Balaban J connectivity index is 0.00000196. The molecule has 1 amide bonds. The number of benzene rings is 1. The number of carbonyl (C=O) groups excluding carboxylic acids is 1. The normalized spacial score (nSPS) is 15.9. The fourth-order valence-corrected chi connectivity index (χ4v) is 3.26. The predicted molar refractivity (Wildman–Crippen MR) is 115 cm³/mol. The van der Waals surface area contributed by atoms with Gasteiger partial charge in [-0.1, -0.05) is 30.3 Å². The van der Waals surface area contributed by atoms with E-state index in [1.54, 1.807) is 7.05 Å². The lowest BCUT2D eigenvalue weighted by Crippen LogP contribution is -2.40. The van der Waals surface area contributed by atoms with Crippen molar-refractivity contribution in [3.8, 4) is 5.88 Å². The highest BCUT2D eigenvalue weighted by Gasteiger charge is 2.25. The third-order valence-electron chi connectivity index (χ3n) is 4.64. The van der Waals surface area contributed by atoms with E-state index >= 15 is 0 Å². The molecule has 1 unspecified atom stereocenters. The van der Waals surface area contributed by atoms with Gasteiger partial charge in [-0.3, -0.25) is 9.69 Å². The number of hydrogen-bond donors (Lipinski definition) is 2. The largest absolute Gasteiger partial charge is 0.480 e. The molecule has 1 aromatic carbocycles. The Morgan fingerprint density at radius 2 is 2.04 bits per heavy atom. The van der Waals surface area contributed by atoms with Gasteiger partial charge in [0.15, 0.2) is 0 Å². The number of nitrogens with zero attached hydrogens (tertiary/aromatic N) is 3. The van der Waals surface area contributed by atoms with Crippen molar-refractivity contribution in [2.45, 2.75) is 25.4 Å². The van der Waals surface area contributed by atoms with Crippen molar-refractivity contribution in [1.29, 1.82) is 0 Å². The zero-order valence-electron chi connectivity index (χ0n) is 16.1. The molecular weight excluding hydrogens is 401 g/mol. The van der Waals surface area contributed by atoms with Crippen molar-refractivity contribution in [2.24, 2.45) is 0 Å². The smallest absolute Gasteiger partial charge is 0.258 e. The summed E-state index contributed by atoms with van der Waals surface area (Å²) in [5.41, 5.74) is 1.64. The highest BCUT2D eigenvalue weighted by atomic mass is 35.5. The first-order valence-corrected chi connectivity index (χ1v) is 8.86. The maximum absolute atomic E-state index is 12.5. The van der Waals surface area contributed by atoms with Crippen molar-refractivity contribution < 1.29 is 9.53 Å². The molecule has 1 saturated heterocycles. The first-order valence-electron chi connectivity index (χ1n) is 8.86. The summed E-state index contributed by atoms with van der Waals surface area (Å²) in [4.78, 5) is 23.2. The molecule has 1 atom stereocenters.